The Balaban J connectivity index is 1.98. The minimum absolute atomic E-state index is 0.182. The summed E-state index contributed by atoms with van der Waals surface area (Å²) in [5, 5.41) is 12.1. The molecule has 0 aromatic carbocycles. The molecule has 1 aliphatic rings. The van der Waals surface area contributed by atoms with Crippen LogP contribution in [0.25, 0.3) is 0 Å². The van der Waals surface area contributed by atoms with Crippen LogP contribution >= 0.6 is 0 Å². The van der Waals surface area contributed by atoms with Crippen molar-refractivity contribution in [3.63, 3.8) is 0 Å². The van der Waals surface area contributed by atoms with Gasteiger partial charge in [-0.2, -0.15) is 5.26 Å². The smallest absolute Gasteiger partial charge is 0.142 e. The van der Waals surface area contributed by atoms with Gasteiger partial charge in [-0.05, 0) is 12.1 Å². The Hall–Kier alpha value is -1.64. The van der Waals surface area contributed by atoms with Gasteiger partial charge >= 0.3 is 0 Å². The van der Waals surface area contributed by atoms with Crippen LogP contribution in [0.15, 0.2) is 18.2 Å². The summed E-state index contributed by atoms with van der Waals surface area (Å²) in [6.07, 6.45) is 0.182. The van der Waals surface area contributed by atoms with Crippen molar-refractivity contribution in [3.8, 4) is 6.07 Å². The van der Waals surface area contributed by atoms with Crippen molar-refractivity contribution in [1.82, 2.24) is 10.3 Å². The highest BCUT2D eigenvalue weighted by Crippen LogP contribution is 2.11. The summed E-state index contributed by atoms with van der Waals surface area (Å²) in [6, 6.07) is 7.49. The maximum Gasteiger partial charge on any atom is 0.142 e. The van der Waals surface area contributed by atoms with E-state index in [-0.39, 0.29) is 6.10 Å². The monoisotopic (exact) mass is 232 g/mol. The molecule has 0 spiro atoms. The molecule has 17 heavy (non-hydrogen) atoms. The summed E-state index contributed by atoms with van der Waals surface area (Å²) in [6.45, 7) is 3.31. The number of pyridine rings is 1. The first-order valence-electron chi connectivity index (χ1n) is 5.70. The Kier molecular flexibility index (Phi) is 3.91. The van der Waals surface area contributed by atoms with Crippen LogP contribution in [0.3, 0.4) is 0 Å². The van der Waals surface area contributed by atoms with E-state index >= 15 is 0 Å². The molecular formula is C12H16N4O. The molecule has 0 aliphatic carbocycles. The van der Waals surface area contributed by atoms with Crippen molar-refractivity contribution < 1.29 is 4.74 Å². The SMILES string of the molecule is CN(CC1CNCCO1)c1cccc(C#N)n1. The van der Waals surface area contributed by atoms with Crippen molar-refractivity contribution in [1.29, 1.82) is 5.26 Å². The van der Waals surface area contributed by atoms with Crippen molar-refractivity contribution in [3.05, 3.63) is 23.9 Å². The van der Waals surface area contributed by atoms with Gasteiger partial charge in [-0.25, -0.2) is 4.98 Å². The third-order valence-electron chi connectivity index (χ3n) is 2.72. The van der Waals surface area contributed by atoms with E-state index in [0.717, 1.165) is 32.1 Å². The molecule has 0 radical (unpaired) electrons. The molecule has 1 N–H and O–H groups in total. The Morgan fingerprint density at radius 3 is 3.24 bits per heavy atom. The summed E-state index contributed by atoms with van der Waals surface area (Å²) >= 11 is 0. The molecule has 0 amide bonds. The Morgan fingerprint density at radius 2 is 2.53 bits per heavy atom. The average molecular weight is 232 g/mol. The number of rotatable bonds is 3. The zero-order chi connectivity index (χ0) is 12.1. The summed E-state index contributed by atoms with van der Waals surface area (Å²) in [7, 11) is 1.96. The summed E-state index contributed by atoms with van der Waals surface area (Å²) < 4.78 is 5.63. The summed E-state index contributed by atoms with van der Waals surface area (Å²) in [5.74, 6) is 0.804. The number of nitriles is 1. The first kappa shape index (κ1) is 11.8. The molecule has 1 aliphatic heterocycles. The Labute approximate surface area is 101 Å². The first-order valence-corrected chi connectivity index (χ1v) is 5.70. The van der Waals surface area contributed by atoms with Gasteiger partial charge in [-0.15, -0.1) is 0 Å². The minimum Gasteiger partial charge on any atom is -0.374 e. The van der Waals surface area contributed by atoms with E-state index in [1.165, 1.54) is 0 Å². The highest BCUT2D eigenvalue weighted by atomic mass is 16.5. The predicted molar refractivity (Wildman–Crippen MR) is 64.8 cm³/mol. The third-order valence-corrected chi connectivity index (χ3v) is 2.72. The van der Waals surface area contributed by atoms with Gasteiger partial charge < -0.3 is 15.0 Å². The number of nitrogens with one attached hydrogen (secondary N) is 1. The van der Waals surface area contributed by atoms with Gasteiger partial charge in [0.15, 0.2) is 0 Å². The van der Waals surface area contributed by atoms with Gasteiger partial charge in [-0.3, -0.25) is 0 Å². The van der Waals surface area contributed by atoms with Crippen LogP contribution in [0.2, 0.25) is 0 Å². The van der Waals surface area contributed by atoms with Crippen LogP contribution in [0.5, 0.6) is 0 Å². The number of hydrogen-bond acceptors (Lipinski definition) is 5. The van der Waals surface area contributed by atoms with Crippen molar-refractivity contribution in [2.45, 2.75) is 6.10 Å². The van der Waals surface area contributed by atoms with E-state index in [2.05, 4.69) is 10.3 Å². The van der Waals surface area contributed by atoms with Crippen molar-refractivity contribution in [2.24, 2.45) is 0 Å². The number of anilines is 1. The Morgan fingerprint density at radius 1 is 1.65 bits per heavy atom. The number of ether oxygens (including phenoxy) is 1. The summed E-state index contributed by atoms with van der Waals surface area (Å²) in [5.41, 5.74) is 0.442. The second kappa shape index (κ2) is 5.62. The van der Waals surface area contributed by atoms with Gasteiger partial charge in [0, 0.05) is 26.7 Å². The fraction of sp³-hybridized carbons (Fsp3) is 0.500. The molecule has 1 aromatic heterocycles. The van der Waals surface area contributed by atoms with Crippen LogP contribution in [0.4, 0.5) is 5.82 Å². The second-order valence-electron chi connectivity index (χ2n) is 4.07. The molecule has 1 atom stereocenters. The van der Waals surface area contributed by atoms with E-state index in [1.807, 2.05) is 30.1 Å². The lowest BCUT2D eigenvalue weighted by Gasteiger charge is -2.28. The van der Waals surface area contributed by atoms with Crippen LogP contribution in [-0.4, -0.2) is 44.4 Å². The molecular weight excluding hydrogens is 216 g/mol. The molecule has 90 valence electrons. The van der Waals surface area contributed by atoms with E-state index in [1.54, 1.807) is 6.07 Å². The molecule has 1 fully saturated rings. The van der Waals surface area contributed by atoms with Gasteiger partial charge in [0.1, 0.15) is 17.6 Å². The topological polar surface area (TPSA) is 61.2 Å². The highest BCUT2D eigenvalue weighted by Gasteiger charge is 2.16. The Bertz CT molecular complexity index is 409. The maximum atomic E-state index is 8.80. The number of likely N-dealkylation sites (N-methyl/N-ethyl adjacent to an activating group) is 1. The van der Waals surface area contributed by atoms with Crippen LogP contribution in [-0.2, 0) is 4.74 Å². The van der Waals surface area contributed by atoms with Crippen LogP contribution in [0.1, 0.15) is 5.69 Å². The third kappa shape index (κ3) is 3.16. The molecule has 2 rings (SSSR count). The zero-order valence-corrected chi connectivity index (χ0v) is 9.89. The fourth-order valence-corrected chi connectivity index (χ4v) is 1.83. The van der Waals surface area contributed by atoms with E-state index < -0.39 is 0 Å². The standard InChI is InChI=1S/C12H16N4O/c1-16(9-11-8-14-5-6-17-11)12-4-2-3-10(7-13)15-12/h2-4,11,14H,5-6,8-9H2,1H3. The first-order chi connectivity index (χ1) is 8.29. The highest BCUT2D eigenvalue weighted by molar-refractivity contribution is 5.40. The largest absolute Gasteiger partial charge is 0.374 e. The van der Waals surface area contributed by atoms with Gasteiger partial charge in [0.05, 0.1) is 12.7 Å². The van der Waals surface area contributed by atoms with E-state index in [9.17, 15) is 0 Å². The predicted octanol–water partition coefficient (Wildman–Crippen LogP) is 0.378. The van der Waals surface area contributed by atoms with Crippen molar-refractivity contribution >= 4 is 5.82 Å². The van der Waals surface area contributed by atoms with E-state index in [0.29, 0.717) is 5.69 Å². The average Bonchev–Trinajstić information content (AvgIpc) is 2.40. The van der Waals surface area contributed by atoms with Crippen LogP contribution < -0.4 is 10.2 Å². The van der Waals surface area contributed by atoms with Gasteiger partial charge in [0.2, 0.25) is 0 Å². The lowest BCUT2D eigenvalue weighted by molar-refractivity contribution is 0.0339. The zero-order valence-electron chi connectivity index (χ0n) is 9.89. The van der Waals surface area contributed by atoms with Crippen LogP contribution in [0, 0.1) is 11.3 Å². The molecule has 1 saturated heterocycles. The molecule has 0 saturated carbocycles. The lowest BCUT2D eigenvalue weighted by atomic mass is 10.3. The van der Waals surface area contributed by atoms with Gasteiger partial charge in [-0.1, -0.05) is 6.07 Å². The maximum absolute atomic E-state index is 8.80. The molecule has 0 bridgehead atoms. The quantitative estimate of drug-likeness (QED) is 0.816. The fourth-order valence-electron chi connectivity index (χ4n) is 1.83. The van der Waals surface area contributed by atoms with Crippen molar-refractivity contribution in [2.75, 3.05) is 38.2 Å². The van der Waals surface area contributed by atoms with E-state index in [4.69, 9.17) is 10.00 Å². The number of nitrogens with zero attached hydrogens (tertiary/aromatic N) is 3. The number of aromatic nitrogens is 1. The summed E-state index contributed by atoms with van der Waals surface area (Å²) in [4.78, 5) is 6.26. The minimum atomic E-state index is 0.182. The lowest BCUT2D eigenvalue weighted by Crippen LogP contribution is -2.44. The second-order valence-corrected chi connectivity index (χ2v) is 4.07. The molecule has 5 nitrogen and oxygen atoms in total. The molecule has 2 heterocycles. The molecule has 5 heteroatoms. The molecule has 1 aromatic rings. The normalized spacial score (nSPS) is 19.6. The van der Waals surface area contributed by atoms with Gasteiger partial charge in [0.25, 0.3) is 0 Å². The number of hydrogen-bond donors (Lipinski definition) is 1. The molecule has 1 unspecified atom stereocenters. The number of morpholine rings is 1.